The van der Waals surface area contributed by atoms with Crippen LogP contribution >= 0.6 is 0 Å². The molecule has 0 atom stereocenters. The maximum atomic E-state index is 13.7. The molecule has 0 fully saturated rings. The van der Waals surface area contributed by atoms with E-state index in [4.69, 9.17) is 0 Å². The Kier molecular flexibility index (Phi) is 4.93. The van der Waals surface area contributed by atoms with Crippen LogP contribution in [0.1, 0.15) is 15.9 Å². The number of carbonyl (C=O) groups is 1. The summed E-state index contributed by atoms with van der Waals surface area (Å²) < 4.78 is 13.7. The Balaban J connectivity index is 1.50. The molecule has 5 nitrogen and oxygen atoms in total. The molecule has 0 aliphatic rings. The number of pyridine rings is 2. The monoisotopic (exact) mass is 372 g/mol. The molecule has 0 spiro atoms. The molecule has 28 heavy (non-hydrogen) atoms. The summed E-state index contributed by atoms with van der Waals surface area (Å²) in [6, 6.07) is 19.2. The summed E-state index contributed by atoms with van der Waals surface area (Å²) in [5.41, 5.74) is 2.34. The molecule has 6 heteroatoms. The van der Waals surface area contributed by atoms with Crippen molar-refractivity contribution in [3.63, 3.8) is 0 Å². The molecule has 4 rings (SSSR count). The van der Waals surface area contributed by atoms with Gasteiger partial charge in [0.1, 0.15) is 11.6 Å². The number of anilines is 2. The number of hydrogen-bond donors (Lipinski definition) is 2. The van der Waals surface area contributed by atoms with Gasteiger partial charge in [-0.25, -0.2) is 9.37 Å². The lowest BCUT2D eigenvalue weighted by atomic mass is 10.1. The van der Waals surface area contributed by atoms with Crippen molar-refractivity contribution in [1.29, 1.82) is 0 Å². The quantitative estimate of drug-likeness (QED) is 0.536. The average Bonchev–Trinajstić information content (AvgIpc) is 2.74. The summed E-state index contributed by atoms with van der Waals surface area (Å²) in [7, 11) is 0. The van der Waals surface area contributed by atoms with E-state index in [0.29, 0.717) is 22.6 Å². The summed E-state index contributed by atoms with van der Waals surface area (Å²) in [4.78, 5) is 21.2. The van der Waals surface area contributed by atoms with Gasteiger partial charge in [0.2, 0.25) is 0 Å². The van der Waals surface area contributed by atoms with Gasteiger partial charge in [0.15, 0.2) is 0 Å². The first-order valence-electron chi connectivity index (χ1n) is 8.79. The number of aromatic nitrogens is 2. The standard InChI is InChI=1S/C22H17FN4O/c23-18-8-2-1-5-17(18)14-26-20-13-16(10-12-24-20)22(28)27-19-9-3-6-15-7-4-11-25-21(15)19/h1-13H,14H2,(H,24,26)(H,27,28). The van der Waals surface area contributed by atoms with Crippen LogP contribution in [0, 0.1) is 5.82 Å². The summed E-state index contributed by atoms with van der Waals surface area (Å²) in [6.45, 7) is 0.276. The third kappa shape index (κ3) is 3.81. The zero-order valence-corrected chi connectivity index (χ0v) is 14.9. The highest BCUT2D eigenvalue weighted by atomic mass is 19.1. The first-order valence-corrected chi connectivity index (χ1v) is 8.79. The second-order valence-electron chi connectivity index (χ2n) is 6.21. The third-order valence-corrected chi connectivity index (χ3v) is 4.32. The molecular formula is C22H17FN4O. The number of rotatable bonds is 5. The topological polar surface area (TPSA) is 66.9 Å². The first-order chi connectivity index (χ1) is 13.7. The molecule has 1 amide bonds. The Morgan fingerprint density at radius 3 is 2.68 bits per heavy atom. The molecule has 0 saturated carbocycles. The van der Waals surface area contributed by atoms with Crippen molar-refractivity contribution in [2.75, 3.05) is 10.6 Å². The fourth-order valence-electron chi connectivity index (χ4n) is 2.90. The van der Waals surface area contributed by atoms with Crippen LogP contribution in [-0.4, -0.2) is 15.9 Å². The predicted molar refractivity (Wildman–Crippen MR) is 108 cm³/mol. The van der Waals surface area contributed by atoms with Crippen molar-refractivity contribution < 1.29 is 9.18 Å². The fourth-order valence-corrected chi connectivity index (χ4v) is 2.90. The molecule has 2 heterocycles. The Hall–Kier alpha value is -3.80. The van der Waals surface area contributed by atoms with Gasteiger partial charge in [-0.2, -0.15) is 0 Å². The molecule has 0 saturated heterocycles. The molecule has 0 aliphatic heterocycles. The molecule has 0 bridgehead atoms. The summed E-state index contributed by atoms with van der Waals surface area (Å²) >= 11 is 0. The Labute approximate surface area is 161 Å². The van der Waals surface area contributed by atoms with Crippen molar-refractivity contribution in [3.05, 3.63) is 96.1 Å². The molecule has 4 aromatic rings. The van der Waals surface area contributed by atoms with E-state index in [0.717, 1.165) is 10.9 Å². The van der Waals surface area contributed by atoms with Crippen molar-refractivity contribution in [3.8, 4) is 0 Å². The van der Waals surface area contributed by atoms with E-state index in [1.165, 1.54) is 6.07 Å². The van der Waals surface area contributed by atoms with Gasteiger partial charge in [0, 0.05) is 35.5 Å². The zero-order chi connectivity index (χ0) is 19.3. The van der Waals surface area contributed by atoms with Crippen LogP contribution in [0.25, 0.3) is 10.9 Å². The predicted octanol–water partition coefficient (Wildman–Crippen LogP) is 4.63. The summed E-state index contributed by atoms with van der Waals surface area (Å²) in [5.74, 6) is -0.0613. The minimum Gasteiger partial charge on any atom is -0.366 e. The summed E-state index contributed by atoms with van der Waals surface area (Å²) in [5, 5.41) is 6.89. The minimum absolute atomic E-state index is 0.269. The molecular weight excluding hydrogens is 355 g/mol. The number of nitrogens with zero attached hydrogens (tertiary/aromatic N) is 2. The highest BCUT2D eigenvalue weighted by Gasteiger charge is 2.10. The van der Waals surface area contributed by atoms with Crippen LogP contribution in [-0.2, 0) is 6.54 Å². The van der Waals surface area contributed by atoms with Crippen molar-refractivity contribution in [1.82, 2.24) is 9.97 Å². The van der Waals surface area contributed by atoms with Crippen LogP contribution in [0.15, 0.2) is 79.1 Å². The van der Waals surface area contributed by atoms with E-state index in [1.807, 2.05) is 30.3 Å². The fraction of sp³-hybridized carbons (Fsp3) is 0.0455. The molecule has 0 aliphatic carbocycles. The summed E-state index contributed by atoms with van der Waals surface area (Å²) in [6.07, 6.45) is 3.23. The van der Waals surface area contributed by atoms with Gasteiger partial charge >= 0.3 is 0 Å². The van der Waals surface area contributed by atoms with Crippen molar-refractivity contribution in [2.24, 2.45) is 0 Å². The van der Waals surface area contributed by atoms with E-state index in [9.17, 15) is 9.18 Å². The van der Waals surface area contributed by atoms with Gasteiger partial charge in [0.25, 0.3) is 5.91 Å². The highest BCUT2D eigenvalue weighted by molar-refractivity contribution is 6.08. The number of para-hydroxylation sites is 1. The number of fused-ring (bicyclic) bond motifs is 1. The number of nitrogens with one attached hydrogen (secondary N) is 2. The second-order valence-corrected chi connectivity index (χ2v) is 6.21. The SMILES string of the molecule is O=C(Nc1cccc2cccnc12)c1ccnc(NCc2ccccc2F)c1. The van der Waals surface area contributed by atoms with E-state index >= 15 is 0 Å². The lowest BCUT2D eigenvalue weighted by molar-refractivity contribution is 0.102. The smallest absolute Gasteiger partial charge is 0.255 e. The maximum absolute atomic E-state index is 13.7. The minimum atomic E-state index is -0.285. The van der Waals surface area contributed by atoms with E-state index < -0.39 is 0 Å². The largest absolute Gasteiger partial charge is 0.366 e. The molecule has 2 aromatic heterocycles. The molecule has 2 N–H and O–H groups in total. The number of benzene rings is 2. The molecule has 0 unspecified atom stereocenters. The van der Waals surface area contributed by atoms with Gasteiger partial charge < -0.3 is 10.6 Å². The van der Waals surface area contributed by atoms with Gasteiger partial charge in [-0.3, -0.25) is 9.78 Å². The number of carbonyl (C=O) groups excluding carboxylic acids is 1. The molecule has 138 valence electrons. The van der Waals surface area contributed by atoms with Crippen LogP contribution < -0.4 is 10.6 Å². The van der Waals surface area contributed by atoms with E-state index in [-0.39, 0.29) is 18.3 Å². The normalized spacial score (nSPS) is 10.6. The lowest BCUT2D eigenvalue weighted by Gasteiger charge is -2.10. The number of amides is 1. The Morgan fingerprint density at radius 2 is 1.79 bits per heavy atom. The van der Waals surface area contributed by atoms with Crippen LogP contribution in [0.5, 0.6) is 0 Å². The van der Waals surface area contributed by atoms with Crippen molar-refractivity contribution >= 4 is 28.3 Å². The number of hydrogen-bond acceptors (Lipinski definition) is 4. The zero-order valence-electron chi connectivity index (χ0n) is 14.9. The highest BCUT2D eigenvalue weighted by Crippen LogP contribution is 2.21. The lowest BCUT2D eigenvalue weighted by Crippen LogP contribution is -2.13. The Bertz CT molecular complexity index is 1140. The third-order valence-electron chi connectivity index (χ3n) is 4.32. The van der Waals surface area contributed by atoms with Crippen LogP contribution in [0.4, 0.5) is 15.9 Å². The maximum Gasteiger partial charge on any atom is 0.255 e. The van der Waals surface area contributed by atoms with Crippen LogP contribution in [0.3, 0.4) is 0 Å². The Morgan fingerprint density at radius 1 is 0.929 bits per heavy atom. The molecule has 0 radical (unpaired) electrons. The average molecular weight is 372 g/mol. The molecule has 2 aromatic carbocycles. The second kappa shape index (κ2) is 7.84. The van der Waals surface area contributed by atoms with Gasteiger partial charge in [-0.15, -0.1) is 0 Å². The van der Waals surface area contributed by atoms with Gasteiger partial charge in [-0.1, -0.05) is 36.4 Å². The van der Waals surface area contributed by atoms with Gasteiger partial charge in [0.05, 0.1) is 11.2 Å². The van der Waals surface area contributed by atoms with Gasteiger partial charge in [-0.05, 0) is 30.3 Å². The van der Waals surface area contributed by atoms with E-state index in [2.05, 4.69) is 20.6 Å². The first kappa shape index (κ1) is 17.6. The van der Waals surface area contributed by atoms with Crippen molar-refractivity contribution in [2.45, 2.75) is 6.54 Å². The van der Waals surface area contributed by atoms with E-state index in [1.54, 1.807) is 42.7 Å². The van der Waals surface area contributed by atoms with Crippen LogP contribution in [0.2, 0.25) is 0 Å². The number of halogens is 1.